The number of hydrogen-bond donors (Lipinski definition) is 4. The second-order valence-corrected chi connectivity index (χ2v) is 7.43. The SMILES string of the molecule is COc1ccc2c(c1)C(=NNC(=S)Nc1cccc(S(N)(=O)=O)c1)C(=O)N2. The Bertz CT molecular complexity index is 1070. The Morgan fingerprint density at radius 3 is 2.74 bits per heavy atom. The number of fused-ring (bicyclic) bond motifs is 1. The molecule has 3 rings (SSSR count). The molecule has 0 bridgehead atoms. The summed E-state index contributed by atoms with van der Waals surface area (Å²) < 4.78 is 28.0. The highest BCUT2D eigenvalue weighted by Crippen LogP contribution is 2.27. The van der Waals surface area contributed by atoms with Gasteiger partial charge in [-0.1, -0.05) is 6.07 Å². The number of rotatable bonds is 4. The van der Waals surface area contributed by atoms with Gasteiger partial charge in [0.15, 0.2) is 10.8 Å². The Labute approximate surface area is 160 Å². The molecule has 0 atom stereocenters. The lowest BCUT2D eigenvalue weighted by Crippen LogP contribution is -2.27. The van der Waals surface area contributed by atoms with E-state index < -0.39 is 10.0 Å². The van der Waals surface area contributed by atoms with Crippen LogP contribution < -0.4 is 25.9 Å². The zero-order chi connectivity index (χ0) is 19.6. The number of nitrogens with zero attached hydrogens (tertiary/aromatic N) is 1. The van der Waals surface area contributed by atoms with E-state index in [-0.39, 0.29) is 21.6 Å². The lowest BCUT2D eigenvalue weighted by molar-refractivity contribution is -0.110. The molecule has 0 unspecified atom stereocenters. The molecule has 2 aromatic rings. The largest absolute Gasteiger partial charge is 0.497 e. The average molecular weight is 405 g/mol. The van der Waals surface area contributed by atoms with E-state index in [0.29, 0.717) is 22.7 Å². The van der Waals surface area contributed by atoms with Crippen LogP contribution in [0, 0.1) is 0 Å². The van der Waals surface area contributed by atoms with Crippen LogP contribution in [0.5, 0.6) is 5.75 Å². The van der Waals surface area contributed by atoms with E-state index in [4.69, 9.17) is 22.1 Å². The molecule has 0 radical (unpaired) electrons. The molecule has 0 saturated heterocycles. The summed E-state index contributed by atoms with van der Waals surface area (Å²) in [5, 5.41) is 14.7. The number of primary sulfonamides is 1. The van der Waals surface area contributed by atoms with Crippen molar-refractivity contribution >= 4 is 50.3 Å². The Morgan fingerprint density at radius 1 is 1.26 bits per heavy atom. The molecule has 0 saturated carbocycles. The number of amides is 1. The maximum atomic E-state index is 12.1. The molecular weight excluding hydrogens is 390 g/mol. The maximum Gasteiger partial charge on any atom is 0.276 e. The van der Waals surface area contributed by atoms with Gasteiger partial charge in [-0.2, -0.15) is 5.10 Å². The highest BCUT2D eigenvalue weighted by atomic mass is 32.2. The molecular formula is C16H15N5O4S2. The van der Waals surface area contributed by atoms with Gasteiger partial charge in [-0.3, -0.25) is 10.2 Å². The van der Waals surface area contributed by atoms with E-state index in [0.717, 1.165) is 0 Å². The van der Waals surface area contributed by atoms with Crippen LogP contribution in [0.15, 0.2) is 52.5 Å². The zero-order valence-electron chi connectivity index (χ0n) is 14.0. The minimum Gasteiger partial charge on any atom is -0.497 e. The topological polar surface area (TPSA) is 135 Å². The van der Waals surface area contributed by atoms with E-state index >= 15 is 0 Å². The molecule has 0 fully saturated rings. The van der Waals surface area contributed by atoms with Crippen LogP contribution >= 0.6 is 12.2 Å². The number of methoxy groups -OCH3 is 1. The Hall–Kier alpha value is -3.02. The number of carbonyl (C=O) groups excluding carboxylic acids is 1. The predicted octanol–water partition coefficient (Wildman–Crippen LogP) is 0.985. The summed E-state index contributed by atoms with van der Waals surface area (Å²) in [6.45, 7) is 0. The molecule has 1 amide bonds. The van der Waals surface area contributed by atoms with Crippen molar-refractivity contribution in [2.45, 2.75) is 4.90 Å². The summed E-state index contributed by atoms with van der Waals surface area (Å²) in [5.74, 6) is 0.197. The molecule has 0 aromatic heterocycles. The zero-order valence-corrected chi connectivity index (χ0v) is 15.6. The van der Waals surface area contributed by atoms with Gasteiger partial charge in [0, 0.05) is 11.3 Å². The van der Waals surface area contributed by atoms with Crippen LogP contribution in [0.4, 0.5) is 11.4 Å². The van der Waals surface area contributed by atoms with Gasteiger partial charge in [0.25, 0.3) is 5.91 Å². The van der Waals surface area contributed by atoms with Crippen LogP contribution in [-0.2, 0) is 14.8 Å². The van der Waals surface area contributed by atoms with E-state index in [1.807, 2.05) is 0 Å². The van der Waals surface area contributed by atoms with Crippen molar-refractivity contribution in [1.82, 2.24) is 5.43 Å². The van der Waals surface area contributed by atoms with Crippen molar-refractivity contribution in [2.75, 3.05) is 17.7 Å². The van der Waals surface area contributed by atoms with E-state index in [9.17, 15) is 13.2 Å². The average Bonchev–Trinajstić information content (AvgIpc) is 2.93. The summed E-state index contributed by atoms with van der Waals surface area (Å²) in [6, 6.07) is 10.9. The lowest BCUT2D eigenvalue weighted by atomic mass is 10.1. The van der Waals surface area contributed by atoms with Crippen molar-refractivity contribution in [3.05, 3.63) is 48.0 Å². The quantitative estimate of drug-likeness (QED) is 0.440. The van der Waals surface area contributed by atoms with Crippen molar-refractivity contribution in [1.29, 1.82) is 0 Å². The second-order valence-electron chi connectivity index (χ2n) is 5.46. The minimum absolute atomic E-state index is 0.0576. The third-order valence-electron chi connectivity index (χ3n) is 3.63. The summed E-state index contributed by atoms with van der Waals surface area (Å²) in [5.41, 5.74) is 4.30. The van der Waals surface area contributed by atoms with Gasteiger partial charge in [-0.05, 0) is 48.6 Å². The molecule has 0 spiro atoms. The summed E-state index contributed by atoms with van der Waals surface area (Å²) in [6.07, 6.45) is 0. The molecule has 0 aliphatic carbocycles. The minimum atomic E-state index is -3.83. The second kappa shape index (κ2) is 7.31. The highest BCUT2D eigenvalue weighted by molar-refractivity contribution is 7.89. The first-order valence-corrected chi connectivity index (χ1v) is 9.50. The third-order valence-corrected chi connectivity index (χ3v) is 4.74. The van der Waals surface area contributed by atoms with Crippen LogP contribution in [0.2, 0.25) is 0 Å². The van der Waals surface area contributed by atoms with Gasteiger partial charge in [0.1, 0.15) is 5.75 Å². The van der Waals surface area contributed by atoms with E-state index in [1.54, 1.807) is 24.3 Å². The van der Waals surface area contributed by atoms with Crippen LogP contribution in [0.3, 0.4) is 0 Å². The molecule has 5 N–H and O–H groups in total. The third kappa shape index (κ3) is 4.22. The van der Waals surface area contributed by atoms with Gasteiger partial charge in [0.2, 0.25) is 10.0 Å². The van der Waals surface area contributed by atoms with Gasteiger partial charge in [0.05, 0.1) is 17.7 Å². The summed E-state index contributed by atoms with van der Waals surface area (Å²) in [7, 11) is -2.31. The van der Waals surface area contributed by atoms with Crippen molar-refractivity contribution in [3.63, 3.8) is 0 Å². The number of benzene rings is 2. The monoisotopic (exact) mass is 405 g/mol. The molecule has 11 heteroatoms. The molecule has 2 aromatic carbocycles. The van der Waals surface area contributed by atoms with E-state index in [1.165, 1.54) is 25.3 Å². The number of ether oxygens (including phenoxy) is 1. The first kappa shape index (κ1) is 18.8. The van der Waals surface area contributed by atoms with Crippen LogP contribution in [-0.4, -0.2) is 32.3 Å². The molecule has 27 heavy (non-hydrogen) atoms. The first-order chi connectivity index (χ1) is 12.8. The first-order valence-electron chi connectivity index (χ1n) is 7.55. The van der Waals surface area contributed by atoms with E-state index in [2.05, 4.69) is 21.2 Å². The fourth-order valence-corrected chi connectivity index (χ4v) is 3.11. The molecule has 1 aliphatic rings. The van der Waals surface area contributed by atoms with Gasteiger partial charge in [-0.15, -0.1) is 0 Å². The Kier molecular flexibility index (Phi) is 5.08. The number of thiocarbonyl (C=S) groups is 1. The van der Waals surface area contributed by atoms with Gasteiger partial charge < -0.3 is 15.4 Å². The van der Waals surface area contributed by atoms with Crippen molar-refractivity contribution in [3.8, 4) is 5.75 Å². The Morgan fingerprint density at radius 2 is 2.04 bits per heavy atom. The van der Waals surface area contributed by atoms with Gasteiger partial charge >= 0.3 is 0 Å². The number of nitrogens with two attached hydrogens (primary N) is 1. The summed E-state index contributed by atoms with van der Waals surface area (Å²) >= 11 is 5.13. The standard InChI is InChI=1S/C16H15N5O4S2/c1-25-10-5-6-13-12(8-10)14(15(22)19-13)20-21-16(26)18-9-3-2-4-11(7-9)27(17,23)24/h2-8H,1H3,(H2,17,23,24)(H2,18,21,26)(H,19,20,22). The van der Waals surface area contributed by atoms with Crippen molar-refractivity contribution in [2.24, 2.45) is 10.2 Å². The number of hydrogen-bond acceptors (Lipinski definition) is 6. The number of nitrogens with one attached hydrogen (secondary N) is 3. The lowest BCUT2D eigenvalue weighted by Gasteiger charge is -2.08. The normalized spacial score (nSPS) is 14.4. The Balaban J connectivity index is 1.76. The van der Waals surface area contributed by atoms with Gasteiger partial charge in [-0.25, -0.2) is 13.6 Å². The van der Waals surface area contributed by atoms with Crippen LogP contribution in [0.1, 0.15) is 5.56 Å². The fourth-order valence-electron chi connectivity index (χ4n) is 2.39. The number of hydrazone groups is 1. The molecule has 1 aliphatic heterocycles. The number of sulfonamides is 1. The number of anilines is 2. The van der Waals surface area contributed by atoms with Crippen LogP contribution in [0.25, 0.3) is 0 Å². The smallest absolute Gasteiger partial charge is 0.276 e. The van der Waals surface area contributed by atoms with Crippen molar-refractivity contribution < 1.29 is 17.9 Å². The number of carbonyl (C=O) groups is 1. The molecule has 9 nitrogen and oxygen atoms in total. The molecule has 1 heterocycles. The highest BCUT2D eigenvalue weighted by Gasteiger charge is 2.26. The molecule has 140 valence electrons. The summed E-state index contributed by atoms with van der Waals surface area (Å²) in [4.78, 5) is 12.0. The predicted molar refractivity (Wildman–Crippen MR) is 105 cm³/mol. The fraction of sp³-hybridized carbons (Fsp3) is 0.0625. The maximum absolute atomic E-state index is 12.1.